The van der Waals surface area contributed by atoms with Crippen molar-refractivity contribution < 1.29 is 9.21 Å². The number of nitrogens with one attached hydrogen (secondary N) is 2. The van der Waals surface area contributed by atoms with Crippen LogP contribution in [0.15, 0.2) is 21.2 Å². The minimum absolute atomic E-state index is 0.00331. The highest BCUT2D eigenvalue weighted by Crippen LogP contribution is 2.23. The predicted molar refractivity (Wildman–Crippen MR) is 95.2 cm³/mol. The van der Waals surface area contributed by atoms with E-state index in [4.69, 9.17) is 4.42 Å². The molecule has 2 aromatic heterocycles. The summed E-state index contributed by atoms with van der Waals surface area (Å²) in [5, 5.41) is 10.3. The van der Waals surface area contributed by atoms with Gasteiger partial charge in [0.25, 0.3) is 0 Å². The molecule has 0 aliphatic carbocycles. The first-order valence-corrected chi connectivity index (χ1v) is 9.35. The van der Waals surface area contributed by atoms with Crippen molar-refractivity contribution in [2.45, 2.75) is 19.8 Å². The number of rotatable bonds is 7. The molecule has 0 spiro atoms. The Bertz CT molecular complexity index is 648. The van der Waals surface area contributed by atoms with Crippen molar-refractivity contribution in [3.05, 3.63) is 28.3 Å². The molecule has 3 heterocycles. The van der Waals surface area contributed by atoms with Crippen LogP contribution < -0.4 is 10.6 Å². The number of oxazole rings is 1. The summed E-state index contributed by atoms with van der Waals surface area (Å²) in [7, 11) is 0. The van der Waals surface area contributed by atoms with E-state index in [1.54, 1.807) is 11.3 Å². The lowest BCUT2D eigenvalue weighted by Crippen LogP contribution is -2.44. The van der Waals surface area contributed by atoms with Crippen molar-refractivity contribution in [3.63, 3.8) is 0 Å². The third-order valence-electron chi connectivity index (χ3n) is 4.17. The molecule has 0 atom stereocenters. The molecular weight excluding hydrogens is 324 g/mol. The molecule has 0 aromatic carbocycles. The number of nitrogens with zero attached hydrogens (tertiary/aromatic N) is 2. The van der Waals surface area contributed by atoms with Crippen LogP contribution in [0.1, 0.15) is 17.9 Å². The zero-order chi connectivity index (χ0) is 16.8. The maximum absolute atomic E-state index is 12.1. The highest BCUT2D eigenvalue weighted by molar-refractivity contribution is 7.08. The normalized spacial score (nSPS) is 15.5. The smallest absolute Gasteiger partial charge is 0.227 e. The number of amides is 1. The van der Waals surface area contributed by atoms with Gasteiger partial charge < -0.3 is 20.0 Å². The SMILES string of the molecule is Cc1oc(-c2ccsc2)nc1CC(=O)NCCCN1CCNCC1. The summed E-state index contributed by atoms with van der Waals surface area (Å²) in [5.41, 5.74) is 1.68. The first-order valence-electron chi connectivity index (χ1n) is 8.41. The van der Waals surface area contributed by atoms with Gasteiger partial charge in [-0.15, -0.1) is 0 Å². The average Bonchev–Trinajstić information content (AvgIpc) is 3.23. The Hall–Kier alpha value is -1.70. The Morgan fingerprint density at radius 1 is 1.46 bits per heavy atom. The summed E-state index contributed by atoms with van der Waals surface area (Å²) in [6.45, 7) is 7.91. The number of aryl methyl sites for hydroxylation is 1. The van der Waals surface area contributed by atoms with E-state index >= 15 is 0 Å². The summed E-state index contributed by atoms with van der Waals surface area (Å²) in [5.74, 6) is 1.31. The van der Waals surface area contributed by atoms with Gasteiger partial charge in [0.1, 0.15) is 5.76 Å². The van der Waals surface area contributed by atoms with Gasteiger partial charge >= 0.3 is 0 Å². The van der Waals surface area contributed by atoms with Gasteiger partial charge in [-0.25, -0.2) is 4.98 Å². The minimum atomic E-state index is 0.00331. The highest BCUT2D eigenvalue weighted by atomic mass is 32.1. The van der Waals surface area contributed by atoms with Crippen LogP contribution in [0.3, 0.4) is 0 Å². The van der Waals surface area contributed by atoms with E-state index in [9.17, 15) is 4.79 Å². The number of thiophene rings is 1. The fraction of sp³-hybridized carbons (Fsp3) is 0.529. The minimum Gasteiger partial charge on any atom is -0.441 e. The topological polar surface area (TPSA) is 70.4 Å². The quantitative estimate of drug-likeness (QED) is 0.745. The molecule has 2 N–H and O–H groups in total. The number of carbonyl (C=O) groups excluding carboxylic acids is 1. The van der Waals surface area contributed by atoms with Crippen molar-refractivity contribution >= 4 is 17.2 Å². The van der Waals surface area contributed by atoms with Crippen LogP contribution in [0.4, 0.5) is 0 Å². The predicted octanol–water partition coefficient (Wildman–Crippen LogP) is 1.67. The second kappa shape index (κ2) is 8.41. The van der Waals surface area contributed by atoms with Gasteiger partial charge in [0.05, 0.1) is 12.1 Å². The first kappa shape index (κ1) is 17.1. The van der Waals surface area contributed by atoms with Gasteiger partial charge in [-0.05, 0) is 31.3 Å². The molecule has 0 unspecified atom stereocenters. The Kier molecular flexibility index (Phi) is 6.01. The Morgan fingerprint density at radius 3 is 3.04 bits per heavy atom. The number of aromatic nitrogens is 1. The van der Waals surface area contributed by atoms with Gasteiger partial charge in [-0.2, -0.15) is 11.3 Å². The van der Waals surface area contributed by atoms with E-state index in [-0.39, 0.29) is 12.3 Å². The average molecular weight is 348 g/mol. The Labute approximate surface area is 146 Å². The molecule has 6 nitrogen and oxygen atoms in total. The highest BCUT2D eigenvalue weighted by Gasteiger charge is 2.15. The summed E-state index contributed by atoms with van der Waals surface area (Å²) in [6, 6.07) is 1.97. The zero-order valence-electron chi connectivity index (χ0n) is 14.0. The van der Waals surface area contributed by atoms with Crippen LogP contribution in [0.25, 0.3) is 11.5 Å². The molecule has 24 heavy (non-hydrogen) atoms. The van der Waals surface area contributed by atoms with Crippen molar-refractivity contribution in [2.24, 2.45) is 0 Å². The van der Waals surface area contributed by atoms with E-state index in [2.05, 4.69) is 20.5 Å². The number of hydrogen-bond acceptors (Lipinski definition) is 6. The fourth-order valence-electron chi connectivity index (χ4n) is 2.78. The standard InChI is InChI=1S/C17H24N4O2S/c1-13-15(20-17(23-13)14-3-10-24-12-14)11-16(22)19-4-2-7-21-8-5-18-6-9-21/h3,10,12,18H,2,4-9,11H2,1H3,(H,19,22). The third-order valence-corrected chi connectivity index (χ3v) is 4.85. The molecule has 130 valence electrons. The van der Waals surface area contributed by atoms with Crippen LogP contribution in [0, 0.1) is 6.92 Å². The lowest BCUT2D eigenvalue weighted by atomic mass is 10.2. The van der Waals surface area contributed by atoms with Gasteiger partial charge in [0.15, 0.2) is 0 Å². The van der Waals surface area contributed by atoms with Gasteiger partial charge in [0, 0.05) is 43.7 Å². The van der Waals surface area contributed by atoms with Crippen molar-refractivity contribution in [1.82, 2.24) is 20.5 Å². The van der Waals surface area contributed by atoms with Gasteiger partial charge in [-0.3, -0.25) is 4.79 Å². The second-order valence-electron chi connectivity index (χ2n) is 6.01. The summed E-state index contributed by atoms with van der Waals surface area (Å²) < 4.78 is 5.67. The molecule has 2 aromatic rings. The van der Waals surface area contributed by atoms with Crippen LogP contribution in [-0.4, -0.2) is 55.1 Å². The molecule has 3 rings (SSSR count). The van der Waals surface area contributed by atoms with E-state index < -0.39 is 0 Å². The molecular formula is C17H24N4O2S. The van der Waals surface area contributed by atoms with E-state index in [1.165, 1.54) is 0 Å². The third kappa shape index (κ3) is 4.66. The fourth-order valence-corrected chi connectivity index (χ4v) is 3.41. The largest absolute Gasteiger partial charge is 0.441 e. The maximum Gasteiger partial charge on any atom is 0.227 e. The molecule has 0 radical (unpaired) electrons. The molecule has 0 saturated carbocycles. The lowest BCUT2D eigenvalue weighted by molar-refractivity contribution is -0.120. The van der Waals surface area contributed by atoms with Crippen molar-refractivity contribution in [1.29, 1.82) is 0 Å². The van der Waals surface area contributed by atoms with Gasteiger partial charge in [0.2, 0.25) is 11.8 Å². The Morgan fingerprint density at radius 2 is 2.29 bits per heavy atom. The molecule has 1 fully saturated rings. The van der Waals surface area contributed by atoms with E-state index in [0.717, 1.165) is 50.4 Å². The molecule has 1 saturated heterocycles. The van der Waals surface area contributed by atoms with Crippen LogP contribution >= 0.6 is 11.3 Å². The number of carbonyl (C=O) groups is 1. The molecule has 7 heteroatoms. The Balaban J connectivity index is 1.41. The zero-order valence-corrected chi connectivity index (χ0v) is 14.8. The second-order valence-corrected chi connectivity index (χ2v) is 6.79. The number of piperazine rings is 1. The molecule has 0 bridgehead atoms. The molecule has 1 aliphatic rings. The number of hydrogen-bond donors (Lipinski definition) is 2. The molecule has 1 aliphatic heterocycles. The van der Waals surface area contributed by atoms with Crippen LogP contribution in [-0.2, 0) is 11.2 Å². The monoisotopic (exact) mass is 348 g/mol. The van der Waals surface area contributed by atoms with Crippen molar-refractivity contribution in [2.75, 3.05) is 39.3 Å². The maximum atomic E-state index is 12.1. The molecule has 1 amide bonds. The summed E-state index contributed by atoms with van der Waals surface area (Å²) >= 11 is 1.60. The van der Waals surface area contributed by atoms with Crippen LogP contribution in [0.5, 0.6) is 0 Å². The van der Waals surface area contributed by atoms with Crippen LogP contribution in [0.2, 0.25) is 0 Å². The summed E-state index contributed by atoms with van der Waals surface area (Å²) in [6.07, 6.45) is 1.25. The van der Waals surface area contributed by atoms with Gasteiger partial charge in [-0.1, -0.05) is 0 Å². The first-order chi connectivity index (χ1) is 11.7. The van der Waals surface area contributed by atoms with Crippen molar-refractivity contribution in [3.8, 4) is 11.5 Å². The van der Waals surface area contributed by atoms with E-state index in [1.807, 2.05) is 23.8 Å². The summed E-state index contributed by atoms with van der Waals surface area (Å²) in [4.78, 5) is 19.0. The van der Waals surface area contributed by atoms with E-state index in [0.29, 0.717) is 18.2 Å². The lowest BCUT2D eigenvalue weighted by Gasteiger charge is -2.27.